The molecule has 0 N–H and O–H groups in total. The Bertz CT molecular complexity index is 2230. The lowest BCUT2D eigenvalue weighted by Gasteiger charge is -2.22. The van der Waals surface area contributed by atoms with Crippen molar-refractivity contribution in [2.24, 2.45) is 0 Å². The normalized spacial score (nSPS) is 12.8. The van der Waals surface area contributed by atoms with Crippen LogP contribution in [0.1, 0.15) is 30.7 Å². The molecule has 7 aromatic rings. The number of hydrogen-bond donors (Lipinski definition) is 0. The van der Waals surface area contributed by atoms with Gasteiger partial charge in [0.2, 0.25) is 0 Å². The number of pyridine rings is 2. The van der Waals surface area contributed by atoms with Gasteiger partial charge in [-0.3, -0.25) is 4.98 Å². The predicted octanol–water partition coefficient (Wildman–Crippen LogP) is 11.4. The Hall–Kier alpha value is -5.60. The Morgan fingerprint density at radius 1 is 0.370 bits per heavy atom. The van der Waals surface area contributed by atoms with Crippen LogP contribution in [0.5, 0.6) is 0 Å². The number of fused-ring (bicyclic) bond motifs is 3. The molecular formula is C44H34N2. The molecule has 0 saturated carbocycles. The van der Waals surface area contributed by atoms with Crippen LogP contribution in [-0.4, -0.2) is 9.97 Å². The Labute approximate surface area is 271 Å². The van der Waals surface area contributed by atoms with Gasteiger partial charge in [-0.25, -0.2) is 4.98 Å². The minimum atomic E-state index is -0.0651. The zero-order valence-corrected chi connectivity index (χ0v) is 26.3. The maximum atomic E-state index is 5.23. The summed E-state index contributed by atoms with van der Waals surface area (Å²) in [6, 6.07) is 54.3. The summed E-state index contributed by atoms with van der Waals surface area (Å²) in [6.07, 6.45) is 0. The van der Waals surface area contributed by atoms with E-state index in [0.717, 1.165) is 50.6 Å². The first kappa shape index (κ1) is 27.9. The van der Waals surface area contributed by atoms with E-state index in [1.54, 1.807) is 0 Å². The zero-order chi connectivity index (χ0) is 31.3. The molecule has 220 valence electrons. The molecule has 8 rings (SSSR count). The first-order chi connectivity index (χ1) is 22.4. The number of benzene rings is 5. The average Bonchev–Trinajstić information content (AvgIpc) is 3.34. The molecule has 2 aromatic heterocycles. The van der Waals surface area contributed by atoms with Gasteiger partial charge in [0, 0.05) is 27.8 Å². The van der Waals surface area contributed by atoms with Gasteiger partial charge in [-0.1, -0.05) is 129 Å². The molecule has 5 aromatic carbocycles. The second-order valence-electron chi connectivity index (χ2n) is 12.7. The first-order valence-corrected chi connectivity index (χ1v) is 15.9. The number of nitrogens with zero attached hydrogens (tertiary/aromatic N) is 2. The van der Waals surface area contributed by atoms with E-state index in [4.69, 9.17) is 9.97 Å². The standard InChI is InChI=1S/C44H34N2/c1-29-11-9-18-41(45-29)34-15-10-14-33(25-34)30-19-21-31(22-20-30)36-27-42(32-12-5-4-6-13-32)46-43(28-36)35-23-24-38-37-16-7-8-17-39(37)44(2,3)40(38)26-35/h4-28H,1-3H3. The predicted molar refractivity (Wildman–Crippen MR) is 192 cm³/mol. The fourth-order valence-electron chi connectivity index (χ4n) is 6.88. The van der Waals surface area contributed by atoms with E-state index in [1.807, 2.05) is 13.0 Å². The lowest BCUT2D eigenvalue weighted by atomic mass is 9.82. The molecule has 0 aliphatic heterocycles. The smallest absolute Gasteiger partial charge is 0.0715 e. The highest BCUT2D eigenvalue weighted by atomic mass is 14.7. The molecule has 0 bridgehead atoms. The second-order valence-corrected chi connectivity index (χ2v) is 12.7. The van der Waals surface area contributed by atoms with Crippen LogP contribution in [-0.2, 0) is 5.41 Å². The Balaban J connectivity index is 1.19. The molecule has 2 nitrogen and oxygen atoms in total. The maximum Gasteiger partial charge on any atom is 0.0715 e. The molecule has 2 heterocycles. The second kappa shape index (κ2) is 11.1. The van der Waals surface area contributed by atoms with E-state index in [9.17, 15) is 0 Å². The van der Waals surface area contributed by atoms with Gasteiger partial charge in [-0.05, 0) is 87.8 Å². The molecule has 2 heteroatoms. The summed E-state index contributed by atoms with van der Waals surface area (Å²) in [5.74, 6) is 0. The lowest BCUT2D eigenvalue weighted by molar-refractivity contribution is 0.660. The Kier molecular flexibility index (Phi) is 6.73. The lowest BCUT2D eigenvalue weighted by Crippen LogP contribution is -2.14. The van der Waals surface area contributed by atoms with Crippen molar-refractivity contribution in [3.8, 4) is 67.2 Å². The van der Waals surface area contributed by atoms with E-state index in [2.05, 4.69) is 159 Å². The first-order valence-electron chi connectivity index (χ1n) is 15.9. The van der Waals surface area contributed by atoms with Crippen molar-refractivity contribution in [2.45, 2.75) is 26.2 Å². The van der Waals surface area contributed by atoms with Crippen LogP contribution < -0.4 is 0 Å². The SMILES string of the molecule is Cc1cccc(-c2cccc(-c3ccc(-c4cc(-c5ccccc5)nc(-c5ccc6c(c5)C(C)(C)c5ccccc5-6)c4)cc3)c2)n1. The van der Waals surface area contributed by atoms with E-state index in [0.29, 0.717) is 0 Å². The zero-order valence-electron chi connectivity index (χ0n) is 26.3. The highest BCUT2D eigenvalue weighted by Crippen LogP contribution is 2.49. The molecule has 0 saturated heterocycles. The average molecular weight is 591 g/mol. The van der Waals surface area contributed by atoms with E-state index < -0.39 is 0 Å². The molecule has 0 unspecified atom stereocenters. The van der Waals surface area contributed by atoms with Gasteiger partial charge in [0.1, 0.15) is 0 Å². The topological polar surface area (TPSA) is 25.8 Å². The number of aromatic nitrogens is 2. The van der Waals surface area contributed by atoms with Crippen molar-refractivity contribution < 1.29 is 0 Å². The van der Waals surface area contributed by atoms with Gasteiger partial charge in [0.15, 0.2) is 0 Å². The third kappa shape index (κ3) is 4.93. The molecule has 46 heavy (non-hydrogen) atoms. The number of rotatable bonds is 5. The van der Waals surface area contributed by atoms with Crippen molar-refractivity contribution >= 4 is 0 Å². The largest absolute Gasteiger partial charge is 0.253 e. The van der Waals surface area contributed by atoms with Crippen LogP contribution >= 0.6 is 0 Å². The summed E-state index contributed by atoms with van der Waals surface area (Å²) in [5, 5.41) is 0. The van der Waals surface area contributed by atoms with Crippen LogP contribution in [0.25, 0.3) is 67.2 Å². The van der Waals surface area contributed by atoms with Gasteiger partial charge in [0.25, 0.3) is 0 Å². The van der Waals surface area contributed by atoms with Gasteiger partial charge in [-0.15, -0.1) is 0 Å². The van der Waals surface area contributed by atoms with Crippen molar-refractivity contribution in [2.75, 3.05) is 0 Å². The summed E-state index contributed by atoms with van der Waals surface area (Å²) >= 11 is 0. The molecular weight excluding hydrogens is 556 g/mol. The summed E-state index contributed by atoms with van der Waals surface area (Å²) in [7, 11) is 0. The summed E-state index contributed by atoms with van der Waals surface area (Å²) in [5.41, 5.74) is 17.3. The van der Waals surface area contributed by atoms with Crippen molar-refractivity contribution in [1.29, 1.82) is 0 Å². The minimum absolute atomic E-state index is 0.0651. The Morgan fingerprint density at radius 2 is 0.957 bits per heavy atom. The Morgan fingerprint density at radius 3 is 1.74 bits per heavy atom. The fraction of sp³-hybridized carbons (Fsp3) is 0.0909. The third-order valence-electron chi connectivity index (χ3n) is 9.37. The highest BCUT2D eigenvalue weighted by Gasteiger charge is 2.35. The molecule has 1 aliphatic carbocycles. The summed E-state index contributed by atoms with van der Waals surface area (Å²) in [4.78, 5) is 9.96. The number of hydrogen-bond acceptors (Lipinski definition) is 2. The van der Waals surface area contributed by atoms with Gasteiger partial charge in [0.05, 0.1) is 17.1 Å². The quantitative estimate of drug-likeness (QED) is 0.199. The van der Waals surface area contributed by atoms with Gasteiger partial charge < -0.3 is 0 Å². The van der Waals surface area contributed by atoms with Gasteiger partial charge >= 0.3 is 0 Å². The number of aryl methyl sites for hydroxylation is 1. The van der Waals surface area contributed by atoms with E-state index in [1.165, 1.54) is 33.4 Å². The minimum Gasteiger partial charge on any atom is -0.253 e. The van der Waals surface area contributed by atoms with E-state index >= 15 is 0 Å². The highest BCUT2D eigenvalue weighted by molar-refractivity contribution is 5.85. The van der Waals surface area contributed by atoms with Crippen LogP contribution in [0.3, 0.4) is 0 Å². The molecule has 0 fully saturated rings. The third-order valence-corrected chi connectivity index (χ3v) is 9.37. The van der Waals surface area contributed by atoms with Crippen molar-refractivity contribution in [1.82, 2.24) is 9.97 Å². The van der Waals surface area contributed by atoms with Crippen molar-refractivity contribution in [3.05, 3.63) is 168 Å². The summed E-state index contributed by atoms with van der Waals surface area (Å²) < 4.78 is 0. The van der Waals surface area contributed by atoms with Crippen LogP contribution in [0.4, 0.5) is 0 Å². The molecule has 0 atom stereocenters. The molecule has 0 radical (unpaired) electrons. The van der Waals surface area contributed by atoms with Gasteiger partial charge in [-0.2, -0.15) is 0 Å². The fourth-order valence-corrected chi connectivity index (χ4v) is 6.88. The summed E-state index contributed by atoms with van der Waals surface area (Å²) in [6.45, 7) is 6.69. The molecule has 1 aliphatic rings. The van der Waals surface area contributed by atoms with Crippen molar-refractivity contribution in [3.63, 3.8) is 0 Å². The molecule has 0 spiro atoms. The van der Waals surface area contributed by atoms with Crippen LogP contribution in [0.2, 0.25) is 0 Å². The van der Waals surface area contributed by atoms with E-state index in [-0.39, 0.29) is 5.41 Å². The molecule has 0 amide bonds. The van der Waals surface area contributed by atoms with Crippen LogP contribution in [0.15, 0.2) is 152 Å². The van der Waals surface area contributed by atoms with Crippen LogP contribution in [0, 0.1) is 6.92 Å². The monoisotopic (exact) mass is 590 g/mol. The maximum absolute atomic E-state index is 5.23.